The summed E-state index contributed by atoms with van der Waals surface area (Å²) in [7, 11) is 0. The van der Waals surface area contributed by atoms with Crippen LogP contribution in [-0.4, -0.2) is 23.6 Å². The Bertz CT molecular complexity index is 1400. The van der Waals surface area contributed by atoms with E-state index in [-0.39, 0.29) is 35.5 Å². The second-order valence-corrected chi connectivity index (χ2v) is 10.1. The number of carbonyl (C=O) groups excluding carboxylic acids is 4. The molecule has 0 fully saturated rings. The van der Waals surface area contributed by atoms with Crippen molar-refractivity contribution >= 4 is 35.0 Å². The zero-order valence-electron chi connectivity index (χ0n) is 19.7. The van der Waals surface area contributed by atoms with Crippen molar-refractivity contribution in [3.05, 3.63) is 94.0 Å². The van der Waals surface area contributed by atoms with Crippen LogP contribution >= 0.6 is 0 Å². The molecule has 0 saturated carbocycles. The summed E-state index contributed by atoms with van der Waals surface area (Å²) in [5.41, 5.74) is 5.80. The number of aryl methyl sites for hydroxylation is 2. The molecule has 7 rings (SSSR count). The summed E-state index contributed by atoms with van der Waals surface area (Å²) >= 11 is 0. The van der Waals surface area contributed by atoms with Gasteiger partial charge in [0, 0.05) is 11.1 Å². The molecule has 36 heavy (non-hydrogen) atoms. The lowest BCUT2D eigenvalue weighted by Gasteiger charge is -2.37. The highest BCUT2D eigenvalue weighted by molar-refractivity contribution is 6.28. The van der Waals surface area contributed by atoms with Gasteiger partial charge in [-0.05, 0) is 91.1 Å². The number of imide groups is 2. The van der Waals surface area contributed by atoms with Crippen LogP contribution < -0.4 is 9.80 Å². The number of hydrogen-bond acceptors (Lipinski definition) is 4. The summed E-state index contributed by atoms with van der Waals surface area (Å²) in [6.45, 7) is 0. The number of anilines is 2. The van der Waals surface area contributed by atoms with Crippen LogP contribution in [0.4, 0.5) is 11.4 Å². The van der Waals surface area contributed by atoms with Gasteiger partial charge in [-0.25, -0.2) is 9.80 Å². The third-order valence-electron chi connectivity index (χ3n) is 8.22. The lowest BCUT2D eigenvalue weighted by Crippen LogP contribution is -2.47. The summed E-state index contributed by atoms with van der Waals surface area (Å²) in [5.74, 6) is -1.89. The molecule has 0 bridgehead atoms. The van der Waals surface area contributed by atoms with Gasteiger partial charge in [-0.1, -0.05) is 30.3 Å². The molecular weight excluding hydrogens is 452 g/mol. The highest BCUT2D eigenvalue weighted by atomic mass is 16.2. The third kappa shape index (κ3) is 2.84. The van der Waals surface area contributed by atoms with Crippen LogP contribution in [0.3, 0.4) is 0 Å². The molecule has 178 valence electrons. The molecule has 3 aromatic rings. The Kier molecular flexibility index (Phi) is 4.55. The van der Waals surface area contributed by atoms with E-state index in [0.29, 0.717) is 35.3 Å². The smallest absolute Gasteiger partial charge is 0.265 e. The first-order valence-corrected chi connectivity index (χ1v) is 12.6. The number of amides is 4. The van der Waals surface area contributed by atoms with Crippen LogP contribution in [0.2, 0.25) is 0 Å². The van der Waals surface area contributed by atoms with E-state index in [1.807, 2.05) is 24.3 Å². The topological polar surface area (TPSA) is 74.8 Å². The van der Waals surface area contributed by atoms with Gasteiger partial charge < -0.3 is 0 Å². The van der Waals surface area contributed by atoms with Gasteiger partial charge in [-0.2, -0.15) is 0 Å². The van der Waals surface area contributed by atoms with Crippen molar-refractivity contribution in [1.82, 2.24) is 0 Å². The first-order chi connectivity index (χ1) is 17.5. The fourth-order valence-corrected chi connectivity index (χ4v) is 6.65. The van der Waals surface area contributed by atoms with Crippen molar-refractivity contribution in [1.29, 1.82) is 0 Å². The van der Waals surface area contributed by atoms with Crippen LogP contribution in [0.15, 0.2) is 60.7 Å². The Morgan fingerprint density at radius 1 is 0.583 bits per heavy atom. The van der Waals surface area contributed by atoms with Gasteiger partial charge in [-0.3, -0.25) is 19.2 Å². The van der Waals surface area contributed by atoms with Crippen LogP contribution in [0.25, 0.3) is 0 Å². The normalized spacial score (nSPS) is 22.4. The number of hydrogen-bond donors (Lipinski definition) is 0. The average molecular weight is 477 g/mol. The number of nitrogens with zero attached hydrogens (tertiary/aromatic N) is 2. The summed E-state index contributed by atoms with van der Waals surface area (Å²) in [5, 5.41) is 0. The quantitative estimate of drug-likeness (QED) is 0.493. The molecule has 2 aliphatic heterocycles. The molecule has 2 unspecified atom stereocenters. The summed E-state index contributed by atoms with van der Waals surface area (Å²) in [6, 6.07) is 18.1. The van der Waals surface area contributed by atoms with Gasteiger partial charge in [0.25, 0.3) is 11.8 Å². The summed E-state index contributed by atoms with van der Waals surface area (Å²) < 4.78 is 0. The largest absolute Gasteiger partial charge is 0.273 e. The van der Waals surface area contributed by atoms with Gasteiger partial charge in [0.1, 0.15) is 0 Å². The molecule has 0 radical (unpaired) electrons. The van der Waals surface area contributed by atoms with E-state index < -0.39 is 0 Å². The van der Waals surface area contributed by atoms with E-state index >= 15 is 0 Å². The Hall–Kier alpha value is -4.06. The van der Waals surface area contributed by atoms with Crippen LogP contribution in [0, 0.1) is 0 Å². The zero-order chi connectivity index (χ0) is 24.6. The van der Waals surface area contributed by atoms with Gasteiger partial charge in [0.05, 0.1) is 23.2 Å². The van der Waals surface area contributed by atoms with E-state index in [0.717, 1.165) is 47.9 Å². The molecule has 2 heterocycles. The van der Waals surface area contributed by atoms with E-state index in [2.05, 4.69) is 0 Å². The highest BCUT2D eigenvalue weighted by Gasteiger charge is 2.44. The SMILES string of the molecule is O=C1c2cccc3c2C(CCC3)C(=O)N1c1cccc(N2C(=O)c3cccc4c3C(CCC4)C2=O)c1. The van der Waals surface area contributed by atoms with Crippen LogP contribution in [0.5, 0.6) is 0 Å². The van der Waals surface area contributed by atoms with Crippen molar-refractivity contribution in [3.63, 3.8) is 0 Å². The fraction of sp³-hybridized carbons (Fsp3) is 0.267. The monoisotopic (exact) mass is 476 g/mol. The maximum atomic E-state index is 13.6. The third-order valence-corrected chi connectivity index (χ3v) is 8.22. The Labute approximate surface area is 208 Å². The average Bonchev–Trinajstić information content (AvgIpc) is 2.90. The second-order valence-electron chi connectivity index (χ2n) is 10.1. The van der Waals surface area contributed by atoms with Gasteiger partial charge in [0.15, 0.2) is 0 Å². The second kappa shape index (κ2) is 7.72. The van der Waals surface area contributed by atoms with Gasteiger partial charge in [0.2, 0.25) is 11.8 Å². The minimum Gasteiger partial charge on any atom is -0.273 e. The van der Waals surface area contributed by atoms with Crippen molar-refractivity contribution in [2.75, 3.05) is 9.80 Å². The molecule has 3 aromatic carbocycles. The van der Waals surface area contributed by atoms with Gasteiger partial charge in [-0.15, -0.1) is 0 Å². The first-order valence-electron chi connectivity index (χ1n) is 12.6. The number of rotatable bonds is 2. The Morgan fingerprint density at radius 2 is 1.03 bits per heavy atom. The lowest BCUT2D eigenvalue weighted by atomic mass is 9.76. The molecule has 4 aliphatic rings. The lowest BCUT2D eigenvalue weighted by molar-refractivity contribution is -0.120. The van der Waals surface area contributed by atoms with Crippen molar-refractivity contribution in [2.45, 2.75) is 50.4 Å². The molecule has 0 N–H and O–H groups in total. The predicted octanol–water partition coefficient (Wildman–Crippen LogP) is 4.90. The molecule has 0 spiro atoms. The molecule has 2 aliphatic carbocycles. The first kappa shape index (κ1) is 21.2. The minimum atomic E-state index is -0.356. The molecule has 0 saturated heterocycles. The van der Waals surface area contributed by atoms with Crippen LogP contribution in [0.1, 0.15) is 80.5 Å². The standard InChI is InChI=1S/C30H24N2O4/c33-27-21-12-1-6-17-7-2-13-22(25(17)21)28(34)31(27)19-10-5-11-20(16-19)32-29(35)23-14-3-8-18-9-4-15-24(26(18)23)30(32)36/h1,3,5-6,8,10-12,14,16,22,24H,2,4,7,9,13,15H2. The molecule has 0 aromatic heterocycles. The van der Waals surface area contributed by atoms with E-state index in [4.69, 9.17) is 0 Å². The van der Waals surface area contributed by atoms with Crippen molar-refractivity contribution in [3.8, 4) is 0 Å². The van der Waals surface area contributed by atoms with Crippen molar-refractivity contribution < 1.29 is 19.2 Å². The molecule has 2 atom stereocenters. The zero-order valence-corrected chi connectivity index (χ0v) is 19.7. The molecular formula is C30H24N2O4. The Morgan fingerprint density at radius 3 is 1.50 bits per heavy atom. The van der Waals surface area contributed by atoms with E-state index in [1.54, 1.807) is 36.4 Å². The molecule has 6 nitrogen and oxygen atoms in total. The summed E-state index contributed by atoms with van der Waals surface area (Å²) in [6.07, 6.45) is 4.95. The number of carbonyl (C=O) groups is 4. The highest BCUT2D eigenvalue weighted by Crippen LogP contribution is 2.43. The van der Waals surface area contributed by atoms with Crippen LogP contribution in [-0.2, 0) is 22.4 Å². The van der Waals surface area contributed by atoms with Gasteiger partial charge >= 0.3 is 0 Å². The van der Waals surface area contributed by atoms with E-state index in [9.17, 15) is 19.2 Å². The minimum absolute atomic E-state index is 0.240. The summed E-state index contributed by atoms with van der Waals surface area (Å²) in [4.78, 5) is 56.8. The van der Waals surface area contributed by atoms with E-state index in [1.165, 1.54) is 9.80 Å². The fourth-order valence-electron chi connectivity index (χ4n) is 6.65. The van der Waals surface area contributed by atoms with Crippen molar-refractivity contribution in [2.24, 2.45) is 0 Å². The maximum absolute atomic E-state index is 13.6. The number of benzene rings is 3. The molecule has 6 heteroatoms. The Balaban J connectivity index is 1.31. The predicted molar refractivity (Wildman–Crippen MR) is 134 cm³/mol. The maximum Gasteiger partial charge on any atom is 0.265 e. The molecule has 4 amide bonds.